The first-order valence-corrected chi connectivity index (χ1v) is 7.01. The maximum Gasteiger partial charge on any atom is 0.227 e. The molecule has 1 N–H and O–H groups in total. The Morgan fingerprint density at radius 1 is 1.43 bits per heavy atom. The van der Waals surface area contributed by atoms with Crippen molar-refractivity contribution in [1.82, 2.24) is 15.5 Å². The quantitative estimate of drug-likeness (QED) is 0.900. The SMILES string of the molecule is Cc1noc(CCC(=O)NCC2Cc3ccccc3O2)n1. The third-order valence-electron chi connectivity index (χ3n) is 3.38. The second kappa shape index (κ2) is 5.95. The lowest BCUT2D eigenvalue weighted by Gasteiger charge is -2.11. The molecule has 0 saturated heterocycles. The minimum absolute atomic E-state index is 0.0111. The summed E-state index contributed by atoms with van der Waals surface area (Å²) in [5.41, 5.74) is 1.19. The number of fused-ring (bicyclic) bond motifs is 1. The number of amides is 1. The van der Waals surface area contributed by atoms with Gasteiger partial charge in [0.2, 0.25) is 11.8 Å². The molecule has 110 valence electrons. The van der Waals surface area contributed by atoms with Crippen LogP contribution in [0.1, 0.15) is 23.7 Å². The van der Waals surface area contributed by atoms with Gasteiger partial charge in [-0.3, -0.25) is 4.79 Å². The number of para-hydroxylation sites is 1. The van der Waals surface area contributed by atoms with Gasteiger partial charge in [0.15, 0.2) is 5.82 Å². The smallest absolute Gasteiger partial charge is 0.227 e. The number of aryl methyl sites for hydroxylation is 2. The number of ether oxygens (including phenoxy) is 1. The van der Waals surface area contributed by atoms with Crippen LogP contribution in [0.4, 0.5) is 0 Å². The molecule has 6 nitrogen and oxygen atoms in total. The molecule has 0 radical (unpaired) electrons. The average Bonchev–Trinajstić information content (AvgIpc) is 3.08. The van der Waals surface area contributed by atoms with Crippen LogP contribution in [0.15, 0.2) is 28.8 Å². The molecule has 0 fully saturated rings. The maximum atomic E-state index is 11.8. The molecule has 1 aliphatic heterocycles. The highest BCUT2D eigenvalue weighted by atomic mass is 16.5. The van der Waals surface area contributed by atoms with Crippen LogP contribution in [0.25, 0.3) is 0 Å². The summed E-state index contributed by atoms with van der Waals surface area (Å²) in [5.74, 6) is 1.96. The Morgan fingerprint density at radius 2 is 2.29 bits per heavy atom. The van der Waals surface area contributed by atoms with E-state index >= 15 is 0 Å². The van der Waals surface area contributed by atoms with E-state index in [-0.39, 0.29) is 12.0 Å². The Labute approximate surface area is 122 Å². The van der Waals surface area contributed by atoms with Crippen molar-refractivity contribution in [1.29, 1.82) is 0 Å². The van der Waals surface area contributed by atoms with Crippen molar-refractivity contribution in [3.8, 4) is 5.75 Å². The highest BCUT2D eigenvalue weighted by Gasteiger charge is 2.22. The minimum Gasteiger partial charge on any atom is -0.488 e. The number of aromatic nitrogens is 2. The fourth-order valence-corrected chi connectivity index (χ4v) is 2.35. The Morgan fingerprint density at radius 3 is 3.05 bits per heavy atom. The van der Waals surface area contributed by atoms with Crippen LogP contribution < -0.4 is 10.1 Å². The van der Waals surface area contributed by atoms with Crippen molar-refractivity contribution in [2.24, 2.45) is 0 Å². The molecule has 1 aliphatic rings. The lowest BCUT2D eigenvalue weighted by Crippen LogP contribution is -2.34. The number of hydrogen-bond donors (Lipinski definition) is 1. The van der Waals surface area contributed by atoms with Crippen molar-refractivity contribution in [2.75, 3.05) is 6.54 Å². The molecular weight excluding hydrogens is 270 g/mol. The lowest BCUT2D eigenvalue weighted by molar-refractivity contribution is -0.121. The normalized spacial score (nSPS) is 16.3. The molecular formula is C15H17N3O3. The number of carbonyl (C=O) groups is 1. The summed E-state index contributed by atoms with van der Waals surface area (Å²) >= 11 is 0. The molecule has 2 heterocycles. The molecule has 1 atom stereocenters. The maximum absolute atomic E-state index is 11.8. The monoisotopic (exact) mass is 287 g/mol. The number of carbonyl (C=O) groups excluding carboxylic acids is 1. The Kier molecular flexibility index (Phi) is 3.85. The molecule has 21 heavy (non-hydrogen) atoms. The van der Waals surface area contributed by atoms with Crippen LogP contribution in [0.5, 0.6) is 5.75 Å². The number of benzene rings is 1. The first-order chi connectivity index (χ1) is 10.2. The number of hydrogen-bond acceptors (Lipinski definition) is 5. The molecule has 6 heteroatoms. The Balaban J connectivity index is 1.41. The van der Waals surface area contributed by atoms with Crippen LogP contribution in [-0.4, -0.2) is 28.7 Å². The van der Waals surface area contributed by atoms with Gasteiger partial charge in [0.05, 0.1) is 6.54 Å². The molecule has 1 amide bonds. The Hall–Kier alpha value is -2.37. The van der Waals surface area contributed by atoms with Crippen molar-refractivity contribution in [2.45, 2.75) is 32.3 Å². The van der Waals surface area contributed by atoms with Crippen molar-refractivity contribution in [3.05, 3.63) is 41.5 Å². The standard InChI is InChI=1S/C15H17N3O3/c1-10-17-15(21-18-10)7-6-14(19)16-9-12-8-11-4-2-3-5-13(11)20-12/h2-5,12H,6-9H2,1H3,(H,16,19). The van der Waals surface area contributed by atoms with Gasteiger partial charge in [-0.15, -0.1) is 0 Å². The summed E-state index contributed by atoms with van der Waals surface area (Å²) in [4.78, 5) is 15.9. The van der Waals surface area contributed by atoms with Gasteiger partial charge in [0, 0.05) is 19.3 Å². The van der Waals surface area contributed by atoms with Crippen LogP contribution in [-0.2, 0) is 17.6 Å². The molecule has 3 rings (SSSR count). The summed E-state index contributed by atoms with van der Waals surface area (Å²) in [5, 5.41) is 6.57. The number of nitrogens with one attached hydrogen (secondary N) is 1. The van der Waals surface area contributed by atoms with E-state index in [2.05, 4.69) is 21.5 Å². The predicted octanol–water partition coefficient (Wildman–Crippen LogP) is 1.43. The van der Waals surface area contributed by atoms with Gasteiger partial charge in [0.25, 0.3) is 0 Å². The van der Waals surface area contributed by atoms with E-state index in [4.69, 9.17) is 9.26 Å². The fraction of sp³-hybridized carbons (Fsp3) is 0.400. The highest BCUT2D eigenvalue weighted by Crippen LogP contribution is 2.27. The van der Waals surface area contributed by atoms with E-state index < -0.39 is 0 Å². The molecule has 1 aromatic heterocycles. The number of nitrogens with zero attached hydrogens (tertiary/aromatic N) is 2. The largest absolute Gasteiger partial charge is 0.488 e. The van der Waals surface area contributed by atoms with Crippen LogP contribution in [0.2, 0.25) is 0 Å². The number of rotatable bonds is 5. The van der Waals surface area contributed by atoms with Crippen molar-refractivity contribution in [3.63, 3.8) is 0 Å². The van der Waals surface area contributed by atoms with Crippen molar-refractivity contribution < 1.29 is 14.1 Å². The van der Waals surface area contributed by atoms with Gasteiger partial charge in [-0.05, 0) is 18.6 Å². The topological polar surface area (TPSA) is 77.2 Å². The zero-order valence-corrected chi connectivity index (χ0v) is 11.8. The lowest BCUT2D eigenvalue weighted by atomic mass is 10.1. The van der Waals surface area contributed by atoms with E-state index in [1.807, 2.05) is 18.2 Å². The fourth-order valence-electron chi connectivity index (χ4n) is 2.35. The van der Waals surface area contributed by atoms with Gasteiger partial charge in [0.1, 0.15) is 11.9 Å². The van der Waals surface area contributed by atoms with Gasteiger partial charge >= 0.3 is 0 Å². The van der Waals surface area contributed by atoms with E-state index in [0.29, 0.717) is 31.1 Å². The predicted molar refractivity (Wildman–Crippen MR) is 74.9 cm³/mol. The second-order valence-electron chi connectivity index (χ2n) is 5.09. The average molecular weight is 287 g/mol. The molecule has 1 unspecified atom stereocenters. The molecule has 1 aromatic carbocycles. The second-order valence-corrected chi connectivity index (χ2v) is 5.09. The van der Waals surface area contributed by atoms with Crippen LogP contribution in [0.3, 0.4) is 0 Å². The molecule has 2 aromatic rings. The first-order valence-electron chi connectivity index (χ1n) is 7.01. The third-order valence-corrected chi connectivity index (χ3v) is 3.38. The molecule has 0 bridgehead atoms. The van der Waals surface area contributed by atoms with Gasteiger partial charge in [-0.25, -0.2) is 0 Å². The summed E-state index contributed by atoms with van der Waals surface area (Å²) in [6, 6.07) is 7.95. The van der Waals surface area contributed by atoms with E-state index in [1.54, 1.807) is 6.92 Å². The summed E-state index contributed by atoms with van der Waals surface area (Å²) in [7, 11) is 0. The third kappa shape index (κ3) is 3.39. The highest BCUT2D eigenvalue weighted by molar-refractivity contribution is 5.76. The zero-order valence-electron chi connectivity index (χ0n) is 11.8. The van der Waals surface area contributed by atoms with Crippen LogP contribution in [0, 0.1) is 6.92 Å². The minimum atomic E-state index is -0.0367. The van der Waals surface area contributed by atoms with E-state index in [0.717, 1.165) is 12.2 Å². The van der Waals surface area contributed by atoms with Crippen molar-refractivity contribution >= 4 is 5.91 Å². The van der Waals surface area contributed by atoms with E-state index in [9.17, 15) is 4.79 Å². The van der Waals surface area contributed by atoms with Gasteiger partial charge in [-0.2, -0.15) is 4.98 Å². The van der Waals surface area contributed by atoms with E-state index in [1.165, 1.54) is 5.56 Å². The molecule has 0 aliphatic carbocycles. The zero-order chi connectivity index (χ0) is 14.7. The molecule has 0 spiro atoms. The first kappa shape index (κ1) is 13.6. The van der Waals surface area contributed by atoms with Gasteiger partial charge in [-0.1, -0.05) is 23.4 Å². The van der Waals surface area contributed by atoms with Gasteiger partial charge < -0.3 is 14.6 Å². The Bertz CT molecular complexity index is 614. The summed E-state index contributed by atoms with van der Waals surface area (Å²) < 4.78 is 10.7. The summed E-state index contributed by atoms with van der Waals surface area (Å²) in [6.07, 6.45) is 1.64. The summed E-state index contributed by atoms with van der Waals surface area (Å²) in [6.45, 7) is 2.26. The van der Waals surface area contributed by atoms with Crippen LogP contribution >= 0.6 is 0 Å². The molecule has 0 saturated carbocycles.